The number of benzene rings is 1. The van der Waals surface area contributed by atoms with Gasteiger partial charge in [0.15, 0.2) is 0 Å². The number of nitrogens with zero attached hydrogens (tertiary/aromatic N) is 3. The first-order valence-electron chi connectivity index (χ1n) is 8.17. The molecule has 3 heterocycles. The van der Waals surface area contributed by atoms with Crippen LogP contribution in [0, 0.1) is 0 Å². The summed E-state index contributed by atoms with van der Waals surface area (Å²) < 4.78 is 0. The normalized spacial score (nSPS) is 14.0. The number of carbonyl (C=O) groups is 1. The van der Waals surface area contributed by atoms with E-state index in [1.165, 1.54) is 12.5 Å². The summed E-state index contributed by atoms with van der Waals surface area (Å²) in [6.07, 6.45) is 3.98. The van der Waals surface area contributed by atoms with E-state index >= 15 is 0 Å². The average Bonchev–Trinajstić information content (AvgIpc) is 2.94. The van der Waals surface area contributed by atoms with E-state index in [9.17, 15) is 9.59 Å². The van der Waals surface area contributed by atoms with Gasteiger partial charge in [0.05, 0.1) is 12.0 Å². The molecule has 2 N–H and O–H groups in total. The van der Waals surface area contributed by atoms with Crippen LogP contribution in [-0.2, 0) is 12.8 Å². The Hall–Kier alpha value is -3.22. The third-order valence-corrected chi connectivity index (χ3v) is 4.50. The highest BCUT2D eigenvalue weighted by atomic mass is 16.2. The molecule has 0 bridgehead atoms. The lowest BCUT2D eigenvalue weighted by Crippen LogP contribution is -2.36. The molecule has 1 aliphatic heterocycles. The van der Waals surface area contributed by atoms with Crippen molar-refractivity contribution in [1.29, 1.82) is 0 Å². The summed E-state index contributed by atoms with van der Waals surface area (Å²) >= 11 is 0. The molecule has 0 fully saturated rings. The third-order valence-electron chi connectivity index (χ3n) is 4.50. The maximum Gasteiger partial charge on any atom is 0.263 e. The molecule has 0 aliphatic carbocycles. The van der Waals surface area contributed by atoms with Gasteiger partial charge < -0.3 is 9.88 Å². The molecule has 0 spiro atoms. The molecule has 0 saturated heterocycles. The van der Waals surface area contributed by atoms with Gasteiger partial charge in [-0.1, -0.05) is 30.3 Å². The van der Waals surface area contributed by atoms with Gasteiger partial charge in [0.1, 0.15) is 5.56 Å². The van der Waals surface area contributed by atoms with Crippen LogP contribution in [-0.4, -0.2) is 44.1 Å². The first-order chi connectivity index (χ1) is 12.2. The Morgan fingerprint density at radius 3 is 2.72 bits per heavy atom. The maximum atomic E-state index is 12.6. The van der Waals surface area contributed by atoms with Gasteiger partial charge in [-0.05, 0) is 6.42 Å². The predicted molar refractivity (Wildman–Crippen MR) is 92.2 cm³/mol. The van der Waals surface area contributed by atoms with Gasteiger partial charge in [0.2, 0.25) is 0 Å². The van der Waals surface area contributed by atoms with Crippen molar-refractivity contribution in [2.45, 2.75) is 12.8 Å². The highest BCUT2D eigenvalue weighted by molar-refractivity contribution is 5.93. The van der Waals surface area contributed by atoms with E-state index in [0.717, 1.165) is 22.5 Å². The molecule has 1 aromatic carbocycles. The molecule has 0 unspecified atom stereocenters. The lowest BCUT2D eigenvalue weighted by atomic mass is 10.0. The van der Waals surface area contributed by atoms with Crippen molar-refractivity contribution >= 4 is 5.91 Å². The molecule has 3 aromatic rings. The van der Waals surface area contributed by atoms with Crippen molar-refractivity contribution in [1.82, 2.24) is 25.1 Å². The summed E-state index contributed by atoms with van der Waals surface area (Å²) in [7, 11) is 0. The van der Waals surface area contributed by atoms with Crippen molar-refractivity contribution in [3.05, 3.63) is 70.0 Å². The highest BCUT2D eigenvalue weighted by Gasteiger charge is 2.24. The Kier molecular flexibility index (Phi) is 3.89. The fraction of sp³-hybridized carbons (Fsp3) is 0.222. The van der Waals surface area contributed by atoms with Gasteiger partial charge in [-0.3, -0.25) is 14.7 Å². The molecular formula is C18H17N5O2. The molecule has 0 radical (unpaired) electrons. The molecule has 126 valence electrons. The predicted octanol–water partition coefficient (Wildman–Crippen LogP) is 1.40. The molecule has 4 rings (SSSR count). The van der Waals surface area contributed by atoms with E-state index in [1.807, 2.05) is 30.3 Å². The fourth-order valence-electron chi connectivity index (χ4n) is 3.19. The molecule has 1 aliphatic rings. The van der Waals surface area contributed by atoms with Crippen molar-refractivity contribution in [3.8, 4) is 11.3 Å². The topological polar surface area (TPSA) is 94.7 Å². The Labute approximate surface area is 143 Å². The lowest BCUT2D eigenvalue weighted by Gasteiger charge is -2.19. The fourth-order valence-corrected chi connectivity index (χ4v) is 3.19. The van der Waals surface area contributed by atoms with Crippen LogP contribution in [0.2, 0.25) is 0 Å². The second kappa shape index (κ2) is 6.35. The zero-order valence-corrected chi connectivity index (χ0v) is 13.5. The van der Waals surface area contributed by atoms with Crippen LogP contribution in [0.1, 0.15) is 21.6 Å². The standard InChI is InChI=1S/C18H17N5O2/c24-17-14(10-19-11-20-17)18(25)23-8-6-13-15(7-9-23)21-22-16(13)12-4-2-1-3-5-12/h1-5,10-11H,6-9H2,(H,21,22)(H,19,20,24). The summed E-state index contributed by atoms with van der Waals surface area (Å²) in [6, 6.07) is 9.99. The maximum absolute atomic E-state index is 12.6. The van der Waals surface area contributed by atoms with E-state index in [-0.39, 0.29) is 11.5 Å². The first kappa shape index (κ1) is 15.3. The molecule has 0 saturated carbocycles. The van der Waals surface area contributed by atoms with E-state index in [0.29, 0.717) is 25.9 Å². The van der Waals surface area contributed by atoms with Crippen LogP contribution in [0.3, 0.4) is 0 Å². The van der Waals surface area contributed by atoms with Crippen molar-refractivity contribution in [2.24, 2.45) is 0 Å². The van der Waals surface area contributed by atoms with E-state index in [4.69, 9.17) is 0 Å². The minimum Gasteiger partial charge on any atom is -0.338 e. The Bertz CT molecular complexity index is 961. The summed E-state index contributed by atoms with van der Waals surface area (Å²) in [5.74, 6) is -0.284. The van der Waals surface area contributed by atoms with Crippen LogP contribution in [0.4, 0.5) is 0 Å². The van der Waals surface area contributed by atoms with Crippen LogP contribution in [0.15, 0.2) is 47.7 Å². The second-order valence-corrected chi connectivity index (χ2v) is 5.98. The number of rotatable bonds is 2. The average molecular weight is 335 g/mol. The minimum absolute atomic E-state index is 0.0782. The number of H-pyrrole nitrogens is 2. The Morgan fingerprint density at radius 2 is 1.92 bits per heavy atom. The summed E-state index contributed by atoms with van der Waals surface area (Å²) in [5.41, 5.74) is 3.85. The zero-order valence-electron chi connectivity index (χ0n) is 13.5. The lowest BCUT2D eigenvalue weighted by molar-refractivity contribution is 0.0760. The largest absolute Gasteiger partial charge is 0.338 e. The quantitative estimate of drug-likeness (QED) is 0.740. The molecule has 25 heavy (non-hydrogen) atoms. The SMILES string of the molecule is O=C(c1cnc[nH]c1=O)N1CCc2[nH]nc(-c3ccccc3)c2CC1. The number of amides is 1. The van der Waals surface area contributed by atoms with E-state index in [1.54, 1.807) is 4.90 Å². The number of hydrogen-bond donors (Lipinski definition) is 2. The number of aromatic nitrogens is 4. The van der Waals surface area contributed by atoms with Gasteiger partial charge in [0, 0.05) is 42.5 Å². The Balaban J connectivity index is 1.59. The third kappa shape index (κ3) is 2.84. The second-order valence-electron chi connectivity index (χ2n) is 5.98. The van der Waals surface area contributed by atoms with Crippen LogP contribution >= 0.6 is 0 Å². The number of fused-ring (bicyclic) bond motifs is 1. The highest BCUT2D eigenvalue weighted by Crippen LogP contribution is 2.26. The summed E-state index contributed by atoms with van der Waals surface area (Å²) in [6.45, 7) is 1.08. The van der Waals surface area contributed by atoms with E-state index < -0.39 is 5.56 Å². The van der Waals surface area contributed by atoms with Gasteiger partial charge in [0.25, 0.3) is 11.5 Å². The van der Waals surface area contributed by atoms with Crippen LogP contribution in [0.25, 0.3) is 11.3 Å². The molecular weight excluding hydrogens is 318 g/mol. The van der Waals surface area contributed by atoms with E-state index in [2.05, 4.69) is 20.2 Å². The minimum atomic E-state index is -0.408. The molecule has 0 atom stereocenters. The molecule has 7 heteroatoms. The number of nitrogens with one attached hydrogen (secondary N) is 2. The van der Waals surface area contributed by atoms with Crippen molar-refractivity contribution in [2.75, 3.05) is 13.1 Å². The first-order valence-corrected chi connectivity index (χ1v) is 8.17. The molecule has 2 aromatic heterocycles. The summed E-state index contributed by atoms with van der Waals surface area (Å²) in [4.78, 5) is 32.5. The van der Waals surface area contributed by atoms with Gasteiger partial charge >= 0.3 is 0 Å². The number of hydrogen-bond acceptors (Lipinski definition) is 4. The molecule has 1 amide bonds. The Morgan fingerprint density at radius 1 is 1.12 bits per heavy atom. The number of aromatic amines is 2. The van der Waals surface area contributed by atoms with Gasteiger partial charge in [-0.15, -0.1) is 0 Å². The van der Waals surface area contributed by atoms with Gasteiger partial charge in [-0.25, -0.2) is 4.98 Å². The summed E-state index contributed by atoms with van der Waals surface area (Å²) in [5, 5.41) is 7.57. The number of carbonyl (C=O) groups excluding carboxylic acids is 1. The van der Waals surface area contributed by atoms with Gasteiger partial charge in [-0.2, -0.15) is 5.10 Å². The smallest absolute Gasteiger partial charge is 0.263 e. The van der Waals surface area contributed by atoms with Crippen molar-refractivity contribution in [3.63, 3.8) is 0 Å². The van der Waals surface area contributed by atoms with Crippen molar-refractivity contribution < 1.29 is 4.79 Å². The molecule has 7 nitrogen and oxygen atoms in total. The monoisotopic (exact) mass is 335 g/mol. The van der Waals surface area contributed by atoms with Crippen LogP contribution < -0.4 is 5.56 Å². The zero-order chi connectivity index (χ0) is 17.2. The van der Waals surface area contributed by atoms with Crippen LogP contribution in [0.5, 0.6) is 0 Å².